The second-order valence-corrected chi connectivity index (χ2v) is 5.98. The maximum absolute atomic E-state index is 11.4. The van der Waals surface area contributed by atoms with E-state index in [1.165, 1.54) is 31.4 Å². The van der Waals surface area contributed by atoms with Crippen molar-refractivity contribution in [2.45, 2.75) is 11.5 Å². The van der Waals surface area contributed by atoms with Gasteiger partial charge in [0.2, 0.25) is 5.60 Å². The number of methoxy groups -OCH3 is 1. The maximum Gasteiger partial charge on any atom is 0.344 e. The first kappa shape index (κ1) is 17.6. The summed E-state index contributed by atoms with van der Waals surface area (Å²) >= 11 is 0. The summed E-state index contributed by atoms with van der Waals surface area (Å²) in [4.78, 5) is 21.9. The largest absolute Gasteiger partial charge is 0.479 e. The van der Waals surface area contributed by atoms with Crippen molar-refractivity contribution >= 4 is 11.7 Å². The van der Waals surface area contributed by atoms with E-state index in [1.54, 1.807) is 18.2 Å². The fourth-order valence-electron chi connectivity index (χ4n) is 2.93. The molecule has 6 nitrogen and oxygen atoms in total. The van der Waals surface area contributed by atoms with Crippen LogP contribution in [0.4, 0.5) is 5.69 Å². The first-order chi connectivity index (χ1) is 12.4. The minimum Gasteiger partial charge on any atom is -0.479 e. The number of aliphatic carboxylic acids is 1. The van der Waals surface area contributed by atoms with E-state index in [4.69, 9.17) is 4.74 Å². The zero-order valence-electron chi connectivity index (χ0n) is 14.0. The quantitative estimate of drug-likeness (QED) is 0.500. The molecular formula is C20H17NO5. The van der Waals surface area contributed by atoms with Gasteiger partial charge in [-0.2, -0.15) is 0 Å². The van der Waals surface area contributed by atoms with Gasteiger partial charge in [-0.3, -0.25) is 10.1 Å². The molecule has 0 aromatic heterocycles. The Kier molecular flexibility index (Phi) is 4.69. The summed E-state index contributed by atoms with van der Waals surface area (Å²) in [6, 6.07) is 14.1. The molecule has 3 rings (SSSR count). The Morgan fingerprint density at radius 2 is 1.73 bits per heavy atom. The number of hydrogen-bond donors (Lipinski definition) is 1. The number of hydrogen-bond acceptors (Lipinski definition) is 4. The van der Waals surface area contributed by atoms with Gasteiger partial charge in [-0.05, 0) is 28.8 Å². The van der Waals surface area contributed by atoms with Gasteiger partial charge < -0.3 is 9.84 Å². The van der Waals surface area contributed by atoms with E-state index in [0.717, 1.165) is 16.7 Å². The number of nitro groups is 1. The molecular weight excluding hydrogens is 334 g/mol. The molecule has 0 unspecified atom stereocenters. The lowest BCUT2D eigenvalue weighted by Gasteiger charge is -2.25. The number of carbonyl (C=O) groups is 1. The lowest BCUT2D eigenvalue weighted by atomic mass is 9.87. The summed E-state index contributed by atoms with van der Waals surface area (Å²) in [7, 11) is 1.35. The second kappa shape index (κ2) is 6.93. The molecule has 0 saturated carbocycles. The highest BCUT2D eigenvalue weighted by Gasteiger charge is 2.35. The molecule has 0 bridgehead atoms. The summed E-state index contributed by atoms with van der Waals surface area (Å²) < 4.78 is 5.12. The van der Waals surface area contributed by atoms with Crippen molar-refractivity contribution in [2.75, 3.05) is 7.11 Å². The van der Waals surface area contributed by atoms with Crippen LogP contribution in [-0.2, 0) is 9.53 Å². The molecule has 132 valence electrons. The zero-order chi connectivity index (χ0) is 18.7. The smallest absolute Gasteiger partial charge is 0.344 e. The molecule has 2 aromatic rings. The normalized spacial score (nSPS) is 21.5. The van der Waals surface area contributed by atoms with Crippen LogP contribution in [0.15, 0.2) is 72.8 Å². The fraction of sp³-hybridized carbons (Fsp3) is 0.150. The number of carboxylic acids is 1. The Balaban J connectivity index is 1.91. The number of allylic oxidation sites excluding steroid dienone is 2. The second-order valence-electron chi connectivity index (χ2n) is 5.98. The average Bonchev–Trinajstić information content (AvgIpc) is 2.68. The molecule has 0 amide bonds. The van der Waals surface area contributed by atoms with Crippen molar-refractivity contribution in [1.29, 1.82) is 0 Å². The van der Waals surface area contributed by atoms with E-state index in [2.05, 4.69) is 0 Å². The van der Waals surface area contributed by atoms with Gasteiger partial charge in [-0.1, -0.05) is 48.6 Å². The van der Waals surface area contributed by atoms with Crippen LogP contribution in [0.1, 0.15) is 11.5 Å². The fourth-order valence-corrected chi connectivity index (χ4v) is 2.93. The third-order valence-corrected chi connectivity index (χ3v) is 4.44. The third-order valence-electron chi connectivity index (χ3n) is 4.44. The number of rotatable bonds is 5. The van der Waals surface area contributed by atoms with Crippen LogP contribution in [0.3, 0.4) is 0 Å². The van der Waals surface area contributed by atoms with Crippen molar-refractivity contribution in [3.63, 3.8) is 0 Å². The molecule has 0 fully saturated rings. The minimum atomic E-state index is -1.44. The van der Waals surface area contributed by atoms with Crippen molar-refractivity contribution in [1.82, 2.24) is 0 Å². The summed E-state index contributed by atoms with van der Waals surface area (Å²) in [5.41, 5.74) is 1.17. The van der Waals surface area contributed by atoms with Gasteiger partial charge in [-0.25, -0.2) is 4.79 Å². The van der Waals surface area contributed by atoms with Crippen LogP contribution in [0.2, 0.25) is 0 Å². The summed E-state index contributed by atoms with van der Waals surface area (Å²) in [6.07, 6.45) is 6.62. The van der Waals surface area contributed by atoms with Crippen LogP contribution < -0.4 is 0 Å². The Morgan fingerprint density at radius 3 is 2.31 bits per heavy atom. The van der Waals surface area contributed by atoms with E-state index in [-0.39, 0.29) is 11.6 Å². The topological polar surface area (TPSA) is 89.7 Å². The van der Waals surface area contributed by atoms with Gasteiger partial charge in [0.15, 0.2) is 0 Å². The van der Waals surface area contributed by atoms with Crippen LogP contribution in [0, 0.1) is 10.1 Å². The predicted molar refractivity (Wildman–Crippen MR) is 96.9 cm³/mol. The standard InChI is InChI=1S/C20H17NO5/c1-26-20(19(22)23)10-8-14(9-11-20)15-4-2-5-16(12-15)17-6-3-7-18(13-17)21(24)25/h2-14H,1H3,(H,22,23). The van der Waals surface area contributed by atoms with Crippen molar-refractivity contribution in [3.8, 4) is 11.1 Å². The highest BCUT2D eigenvalue weighted by atomic mass is 16.6. The van der Waals surface area contributed by atoms with Crippen LogP contribution in [0.5, 0.6) is 0 Å². The molecule has 1 N–H and O–H groups in total. The maximum atomic E-state index is 11.4. The van der Waals surface area contributed by atoms with Gasteiger partial charge in [0.25, 0.3) is 5.69 Å². The van der Waals surface area contributed by atoms with Crippen molar-refractivity contribution < 1.29 is 19.6 Å². The summed E-state index contributed by atoms with van der Waals surface area (Å²) in [5, 5.41) is 20.3. The Morgan fingerprint density at radius 1 is 1.12 bits per heavy atom. The van der Waals surface area contributed by atoms with Gasteiger partial charge >= 0.3 is 5.97 Å². The number of benzene rings is 2. The lowest BCUT2D eigenvalue weighted by molar-refractivity contribution is -0.384. The van der Waals surface area contributed by atoms with Crippen molar-refractivity contribution in [2.24, 2.45) is 0 Å². The molecule has 6 heteroatoms. The Bertz CT molecular complexity index is 902. The number of non-ortho nitro benzene ring substituents is 1. The molecule has 1 aliphatic carbocycles. The van der Waals surface area contributed by atoms with E-state index in [0.29, 0.717) is 0 Å². The van der Waals surface area contributed by atoms with E-state index >= 15 is 0 Å². The van der Waals surface area contributed by atoms with E-state index < -0.39 is 16.5 Å². The Labute approximate surface area is 150 Å². The highest BCUT2D eigenvalue weighted by molar-refractivity contribution is 5.83. The van der Waals surface area contributed by atoms with E-state index in [9.17, 15) is 20.0 Å². The molecule has 1 aliphatic rings. The molecule has 0 spiro atoms. The highest BCUT2D eigenvalue weighted by Crippen LogP contribution is 2.31. The Hall–Kier alpha value is -3.25. The molecule has 0 heterocycles. The molecule has 0 aliphatic heterocycles. The van der Waals surface area contributed by atoms with Crippen LogP contribution in [0.25, 0.3) is 11.1 Å². The van der Waals surface area contributed by atoms with Gasteiger partial charge in [0.05, 0.1) is 4.92 Å². The number of nitrogens with zero attached hydrogens (tertiary/aromatic N) is 1. The molecule has 0 radical (unpaired) electrons. The lowest BCUT2D eigenvalue weighted by Crippen LogP contribution is -2.37. The predicted octanol–water partition coefficient (Wildman–Crippen LogP) is 3.94. The minimum absolute atomic E-state index is 0.0386. The number of carboxylic acid groups (broad SMARTS) is 1. The first-order valence-electron chi connectivity index (χ1n) is 7.97. The third kappa shape index (κ3) is 3.27. The summed E-state index contributed by atoms with van der Waals surface area (Å²) in [5.74, 6) is -1.17. The van der Waals surface area contributed by atoms with E-state index in [1.807, 2.05) is 30.3 Å². The first-order valence-corrected chi connectivity index (χ1v) is 7.97. The van der Waals surface area contributed by atoms with Gasteiger partial charge in [0, 0.05) is 25.2 Å². The number of nitro benzene ring substituents is 1. The summed E-state index contributed by atoms with van der Waals surface area (Å²) in [6.45, 7) is 0. The zero-order valence-corrected chi connectivity index (χ0v) is 14.0. The van der Waals surface area contributed by atoms with Crippen LogP contribution in [-0.4, -0.2) is 28.7 Å². The SMILES string of the molecule is COC1(C(=O)O)C=CC(c2cccc(-c3cccc([N+](=O)[O-])c3)c2)C=C1. The number of ether oxygens (including phenoxy) is 1. The molecule has 0 atom stereocenters. The van der Waals surface area contributed by atoms with Gasteiger partial charge in [-0.15, -0.1) is 0 Å². The molecule has 26 heavy (non-hydrogen) atoms. The average molecular weight is 351 g/mol. The van der Waals surface area contributed by atoms with Crippen molar-refractivity contribution in [3.05, 3.63) is 88.5 Å². The molecule has 2 aromatic carbocycles. The molecule has 0 saturated heterocycles. The monoisotopic (exact) mass is 351 g/mol. The van der Waals surface area contributed by atoms with Crippen LogP contribution >= 0.6 is 0 Å². The van der Waals surface area contributed by atoms with Gasteiger partial charge in [0.1, 0.15) is 0 Å².